The van der Waals surface area contributed by atoms with Crippen LogP contribution in [0.1, 0.15) is 31.9 Å². The zero-order valence-corrected chi connectivity index (χ0v) is 26.8. The second kappa shape index (κ2) is 12.2. The van der Waals surface area contributed by atoms with Crippen molar-refractivity contribution in [1.82, 2.24) is 14.4 Å². The highest BCUT2D eigenvalue weighted by Crippen LogP contribution is 2.55. The summed E-state index contributed by atoms with van der Waals surface area (Å²) in [7, 11) is -2.47. The van der Waals surface area contributed by atoms with E-state index in [0.717, 1.165) is 49.7 Å². The van der Waals surface area contributed by atoms with Gasteiger partial charge in [-0.3, -0.25) is 19.1 Å². The fourth-order valence-corrected chi connectivity index (χ4v) is 9.30. The van der Waals surface area contributed by atoms with E-state index in [9.17, 15) is 19.3 Å². The molecule has 1 amide bonds. The molecule has 0 radical (unpaired) electrons. The number of benzene rings is 2. The van der Waals surface area contributed by atoms with Gasteiger partial charge in [0, 0.05) is 50.2 Å². The molecular formula is C29H37ClN5O5PS. The highest BCUT2D eigenvalue weighted by molar-refractivity contribution is 7.64. The zero-order chi connectivity index (χ0) is 30.2. The standard InChI is InChI=1S/C29H37ClN5O5PS/c1-19(2)29(3,28(37)38)32-41(39,18-40-4)35-24-17-23(30)20(15-21(24)16-26(35)36)9-10-33-11-13-34(14-12-33)27-22-7-5-6-8-25(22)42-31-27/h5-8,15,17,19H,9-14,16,18H2,1-4H3,(H,32,39)(H,37,38). The Morgan fingerprint density at radius 2 is 1.95 bits per heavy atom. The number of fused-ring (bicyclic) bond motifs is 2. The predicted molar refractivity (Wildman–Crippen MR) is 168 cm³/mol. The van der Waals surface area contributed by atoms with Crippen LogP contribution in [0, 0.1) is 5.92 Å². The number of hydrogen-bond acceptors (Lipinski definition) is 8. The quantitative estimate of drug-likeness (QED) is 0.279. The van der Waals surface area contributed by atoms with Gasteiger partial charge in [0.15, 0.2) is 0 Å². The number of piperazine rings is 1. The van der Waals surface area contributed by atoms with E-state index in [4.69, 9.17) is 20.7 Å². The molecule has 1 saturated heterocycles. The first-order chi connectivity index (χ1) is 20.0. The van der Waals surface area contributed by atoms with Crippen LogP contribution in [0.15, 0.2) is 36.4 Å². The van der Waals surface area contributed by atoms with Crippen molar-refractivity contribution >= 4 is 64.0 Å². The Morgan fingerprint density at radius 3 is 2.62 bits per heavy atom. The van der Waals surface area contributed by atoms with Gasteiger partial charge < -0.3 is 14.7 Å². The Hall–Kier alpha value is -2.53. The van der Waals surface area contributed by atoms with E-state index in [1.165, 1.54) is 40.3 Å². The van der Waals surface area contributed by atoms with Crippen molar-refractivity contribution in [2.45, 2.75) is 39.2 Å². The van der Waals surface area contributed by atoms with Gasteiger partial charge in [-0.25, -0.2) is 9.76 Å². The lowest BCUT2D eigenvalue weighted by atomic mass is 9.90. The molecule has 10 nitrogen and oxygen atoms in total. The number of carbonyl (C=O) groups is 2. The van der Waals surface area contributed by atoms with E-state index >= 15 is 0 Å². The largest absolute Gasteiger partial charge is 0.480 e. The SMILES string of the molecule is COCP(=O)(NC(C)(C(=O)O)C(C)C)N1C(=O)Cc2cc(CCN3CCN(c4nsc5ccccc45)CC3)c(Cl)cc21. The number of halogens is 1. The molecule has 2 aliphatic heterocycles. The molecule has 2 aromatic carbocycles. The number of aromatic nitrogens is 1. The van der Waals surface area contributed by atoms with Crippen molar-refractivity contribution in [3.8, 4) is 0 Å². The Morgan fingerprint density at radius 1 is 1.24 bits per heavy atom. The topological polar surface area (TPSA) is 115 Å². The lowest BCUT2D eigenvalue weighted by Gasteiger charge is -2.38. The van der Waals surface area contributed by atoms with Crippen molar-refractivity contribution < 1.29 is 24.0 Å². The smallest absolute Gasteiger partial charge is 0.324 e. The number of aliphatic carboxylic acids is 1. The molecule has 1 aromatic heterocycles. The first-order valence-corrected chi connectivity index (χ1v) is 17.0. The normalized spacial score (nSPS) is 18.9. The molecule has 5 rings (SSSR count). The van der Waals surface area contributed by atoms with E-state index in [2.05, 4.69) is 33.1 Å². The predicted octanol–water partition coefficient (Wildman–Crippen LogP) is 5.09. The van der Waals surface area contributed by atoms with Gasteiger partial charge in [-0.1, -0.05) is 43.6 Å². The van der Waals surface area contributed by atoms with Gasteiger partial charge >= 0.3 is 5.97 Å². The lowest BCUT2D eigenvalue weighted by Crippen LogP contribution is -2.54. The number of carboxylic acid groups (broad SMARTS) is 1. The monoisotopic (exact) mass is 633 g/mol. The van der Waals surface area contributed by atoms with Crippen LogP contribution in [0.5, 0.6) is 0 Å². The molecule has 13 heteroatoms. The number of methoxy groups -OCH3 is 1. The molecule has 0 saturated carbocycles. The third-order valence-corrected chi connectivity index (χ3v) is 12.1. The van der Waals surface area contributed by atoms with E-state index < -0.39 is 24.9 Å². The molecule has 3 heterocycles. The number of carbonyl (C=O) groups excluding carboxylic acids is 1. The lowest BCUT2D eigenvalue weighted by molar-refractivity contribution is -0.145. The number of ether oxygens (including phenoxy) is 1. The van der Waals surface area contributed by atoms with Crippen molar-refractivity contribution in [2.75, 3.05) is 55.8 Å². The maximum absolute atomic E-state index is 14.3. The molecule has 3 aromatic rings. The number of carboxylic acids is 1. The minimum absolute atomic E-state index is 0.0562. The minimum atomic E-state index is -3.84. The van der Waals surface area contributed by atoms with Crippen LogP contribution in [0.3, 0.4) is 0 Å². The van der Waals surface area contributed by atoms with Crippen LogP contribution in [0.2, 0.25) is 5.02 Å². The molecule has 42 heavy (non-hydrogen) atoms. The first kappa shape index (κ1) is 30.9. The molecule has 0 aliphatic carbocycles. The Balaban J connectivity index is 1.28. The number of anilines is 2. The average Bonchev–Trinajstić information content (AvgIpc) is 3.52. The van der Waals surface area contributed by atoms with Crippen molar-refractivity contribution in [2.24, 2.45) is 5.92 Å². The number of rotatable bonds is 11. The molecule has 0 bridgehead atoms. The van der Waals surface area contributed by atoms with Crippen LogP contribution in [-0.4, -0.2) is 78.0 Å². The van der Waals surface area contributed by atoms with Crippen LogP contribution in [-0.2, 0) is 31.7 Å². The van der Waals surface area contributed by atoms with E-state index in [1.807, 2.05) is 12.1 Å². The summed E-state index contributed by atoms with van der Waals surface area (Å²) in [5, 5.41) is 14.4. The molecule has 2 unspecified atom stereocenters. The van der Waals surface area contributed by atoms with Gasteiger partial charge in [-0.15, -0.1) is 0 Å². The summed E-state index contributed by atoms with van der Waals surface area (Å²) in [6, 6.07) is 11.9. The van der Waals surface area contributed by atoms with Gasteiger partial charge in [0.25, 0.3) is 7.44 Å². The van der Waals surface area contributed by atoms with Crippen LogP contribution >= 0.6 is 30.6 Å². The van der Waals surface area contributed by atoms with Crippen molar-refractivity contribution in [3.05, 3.63) is 52.5 Å². The van der Waals surface area contributed by atoms with Crippen LogP contribution in [0.4, 0.5) is 11.5 Å². The number of nitrogens with zero attached hydrogens (tertiary/aromatic N) is 4. The van der Waals surface area contributed by atoms with E-state index in [0.29, 0.717) is 17.1 Å². The molecule has 2 aliphatic rings. The Bertz CT molecular complexity index is 1540. The summed E-state index contributed by atoms with van der Waals surface area (Å²) in [6.07, 6.45) is 0.425. The molecule has 2 N–H and O–H groups in total. The van der Waals surface area contributed by atoms with Crippen LogP contribution < -0.4 is 14.7 Å². The van der Waals surface area contributed by atoms with Crippen LogP contribution in [0.25, 0.3) is 10.1 Å². The van der Waals surface area contributed by atoms with Gasteiger partial charge in [-0.2, -0.15) is 4.37 Å². The molecule has 2 atom stereocenters. The van der Waals surface area contributed by atoms with Gasteiger partial charge in [0.05, 0.1) is 16.8 Å². The highest BCUT2D eigenvalue weighted by atomic mass is 35.5. The van der Waals surface area contributed by atoms with Gasteiger partial charge in [0.1, 0.15) is 17.7 Å². The van der Waals surface area contributed by atoms with Gasteiger partial charge in [-0.05, 0) is 60.1 Å². The fourth-order valence-electron chi connectivity index (χ4n) is 5.58. The second-order valence-electron chi connectivity index (χ2n) is 11.4. The molecule has 0 spiro atoms. The zero-order valence-electron chi connectivity index (χ0n) is 24.3. The summed E-state index contributed by atoms with van der Waals surface area (Å²) in [4.78, 5) is 30.2. The summed E-state index contributed by atoms with van der Waals surface area (Å²) >= 11 is 8.27. The Labute approximate surface area is 255 Å². The number of nitrogens with one attached hydrogen (secondary N) is 1. The third kappa shape index (κ3) is 5.83. The third-order valence-electron chi connectivity index (χ3n) is 8.41. The highest BCUT2D eigenvalue weighted by Gasteiger charge is 2.49. The second-order valence-corrected chi connectivity index (χ2v) is 14.9. The molecule has 226 valence electrons. The summed E-state index contributed by atoms with van der Waals surface area (Å²) < 4.78 is 26.6. The fraction of sp³-hybridized carbons (Fsp3) is 0.483. The molecule has 1 fully saturated rings. The van der Waals surface area contributed by atoms with E-state index in [-0.39, 0.29) is 18.7 Å². The maximum atomic E-state index is 14.3. The first-order valence-electron chi connectivity index (χ1n) is 14.0. The minimum Gasteiger partial charge on any atom is -0.480 e. The average molecular weight is 634 g/mol. The number of hydrogen-bond donors (Lipinski definition) is 2. The number of amides is 1. The molecular weight excluding hydrogens is 597 g/mol. The Kier molecular flexibility index (Phi) is 9.00. The van der Waals surface area contributed by atoms with E-state index in [1.54, 1.807) is 19.9 Å². The van der Waals surface area contributed by atoms with Crippen molar-refractivity contribution in [3.63, 3.8) is 0 Å². The summed E-state index contributed by atoms with van der Waals surface area (Å²) in [5.41, 5.74) is 0.531. The maximum Gasteiger partial charge on any atom is 0.324 e. The van der Waals surface area contributed by atoms with Crippen molar-refractivity contribution in [1.29, 1.82) is 0 Å². The van der Waals surface area contributed by atoms with Gasteiger partial charge in [0.2, 0.25) is 5.91 Å². The summed E-state index contributed by atoms with van der Waals surface area (Å²) in [5.74, 6) is -0.891. The summed E-state index contributed by atoms with van der Waals surface area (Å²) in [6.45, 7) is 9.33.